The minimum Gasteiger partial charge on any atom is -0.344 e. The number of carbonyl (C=O) groups excluding carboxylic acids is 1. The largest absolute Gasteiger partial charge is 0.344 e. The van der Waals surface area contributed by atoms with Crippen molar-refractivity contribution in [1.82, 2.24) is 4.57 Å². The number of hydrogen-bond donors (Lipinski definition) is 0. The highest BCUT2D eigenvalue weighted by molar-refractivity contribution is 5.87. The van der Waals surface area contributed by atoms with Gasteiger partial charge in [-0.15, -0.1) is 6.58 Å². The number of rotatable bonds is 3. The Labute approximate surface area is 82.5 Å². The van der Waals surface area contributed by atoms with Crippen LogP contribution in [0.15, 0.2) is 43.1 Å². The van der Waals surface area contributed by atoms with Gasteiger partial charge in [-0.2, -0.15) is 0 Å². The fraction of sp³-hybridized carbons (Fsp3) is 0.0833. The second-order valence-electron chi connectivity index (χ2n) is 3.19. The third-order valence-corrected chi connectivity index (χ3v) is 2.26. The van der Waals surface area contributed by atoms with Gasteiger partial charge < -0.3 is 4.57 Å². The van der Waals surface area contributed by atoms with Crippen LogP contribution in [0, 0.1) is 0 Å². The molecule has 0 amide bonds. The van der Waals surface area contributed by atoms with Crippen LogP contribution in [0.2, 0.25) is 0 Å². The van der Waals surface area contributed by atoms with Crippen molar-refractivity contribution in [3.05, 3.63) is 48.7 Å². The summed E-state index contributed by atoms with van der Waals surface area (Å²) in [6.45, 7) is 4.46. The first-order valence-electron chi connectivity index (χ1n) is 4.50. The zero-order valence-electron chi connectivity index (χ0n) is 7.81. The fourth-order valence-electron chi connectivity index (χ4n) is 1.57. The molecule has 0 N–H and O–H groups in total. The molecule has 0 saturated heterocycles. The average molecular weight is 185 g/mol. The van der Waals surface area contributed by atoms with Crippen LogP contribution in [0.1, 0.15) is 10.4 Å². The maximum Gasteiger partial charge on any atom is 0.150 e. The number of aromatic nitrogens is 1. The molecule has 14 heavy (non-hydrogen) atoms. The molecule has 2 aromatic rings. The molecule has 0 unspecified atom stereocenters. The van der Waals surface area contributed by atoms with E-state index in [1.807, 2.05) is 36.5 Å². The van der Waals surface area contributed by atoms with Crippen LogP contribution in [-0.4, -0.2) is 10.9 Å². The Balaban J connectivity index is 2.62. The van der Waals surface area contributed by atoms with Crippen molar-refractivity contribution in [2.75, 3.05) is 0 Å². The molecule has 1 aromatic carbocycles. The summed E-state index contributed by atoms with van der Waals surface area (Å²) in [6, 6.07) is 7.71. The van der Waals surface area contributed by atoms with Gasteiger partial charge >= 0.3 is 0 Å². The molecular weight excluding hydrogens is 174 g/mol. The average Bonchev–Trinajstić information content (AvgIpc) is 2.61. The highest BCUT2D eigenvalue weighted by Gasteiger charge is 2.00. The van der Waals surface area contributed by atoms with Gasteiger partial charge in [-0.1, -0.05) is 18.2 Å². The molecule has 2 heteroatoms. The number of nitrogens with zero attached hydrogens (tertiary/aromatic N) is 1. The highest BCUT2D eigenvalue weighted by Crippen LogP contribution is 2.16. The van der Waals surface area contributed by atoms with Gasteiger partial charge in [0.1, 0.15) is 6.29 Å². The van der Waals surface area contributed by atoms with E-state index in [2.05, 4.69) is 11.1 Å². The van der Waals surface area contributed by atoms with Crippen molar-refractivity contribution in [3.8, 4) is 0 Å². The normalized spacial score (nSPS) is 10.3. The third kappa shape index (κ3) is 1.35. The predicted octanol–water partition coefficient (Wildman–Crippen LogP) is 2.64. The first kappa shape index (κ1) is 8.75. The zero-order valence-corrected chi connectivity index (χ0v) is 7.81. The van der Waals surface area contributed by atoms with Crippen molar-refractivity contribution in [1.29, 1.82) is 0 Å². The molecule has 1 aromatic heterocycles. The van der Waals surface area contributed by atoms with E-state index in [1.54, 1.807) is 0 Å². The molecule has 1 heterocycles. The van der Waals surface area contributed by atoms with Gasteiger partial charge in [0.25, 0.3) is 0 Å². The van der Waals surface area contributed by atoms with E-state index in [1.165, 1.54) is 0 Å². The van der Waals surface area contributed by atoms with E-state index in [9.17, 15) is 4.79 Å². The number of allylic oxidation sites excluding steroid dienone is 1. The molecule has 70 valence electrons. The Morgan fingerprint density at radius 3 is 2.93 bits per heavy atom. The number of benzene rings is 1. The minimum absolute atomic E-state index is 0.710. The lowest BCUT2D eigenvalue weighted by Crippen LogP contribution is -1.92. The lowest BCUT2D eigenvalue weighted by Gasteiger charge is -2.00. The summed E-state index contributed by atoms with van der Waals surface area (Å²) in [7, 11) is 0. The summed E-state index contributed by atoms with van der Waals surface area (Å²) in [4.78, 5) is 10.6. The number of hydrogen-bond acceptors (Lipinski definition) is 1. The summed E-state index contributed by atoms with van der Waals surface area (Å²) in [5.41, 5.74) is 1.79. The van der Waals surface area contributed by atoms with Gasteiger partial charge in [-0.3, -0.25) is 4.79 Å². The van der Waals surface area contributed by atoms with Gasteiger partial charge in [-0.25, -0.2) is 0 Å². The molecule has 0 aliphatic carbocycles. The van der Waals surface area contributed by atoms with Crippen LogP contribution in [0.25, 0.3) is 10.9 Å². The molecule has 2 rings (SSSR count). The smallest absolute Gasteiger partial charge is 0.150 e. The molecule has 0 radical (unpaired) electrons. The quantitative estimate of drug-likeness (QED) is 0.532. The Hall–Kier alpha value is -1.83. The minimum atomic E-state index is 0.710. The maximum absolute atomic E-state index is 10.6. The molecule has 0 bridgehead atoms. The highest BCUT2D eigenvalue weighted by atomic mass is 16.1. The SMILES string of the molecule is C=CCn1ccc2ccc(C=O)cc21. The molecule has 0 saturated carbocycles. The molecule has 0 spiro atoms. The third-order valence-electron chi connectivity index (χ3n) is 2.26. The first-order valence-corrected chi connectivity index (χ1v) is 4.50. The molecular formula is C12H11NO. The van der Waals surface area contributed by atoms with E-state index in [-0.39, 0.29) is 0 Å². The Morgan fingerprint density at radius 1 is 1.36 bits per heavy atom. The van der Waals surface area contributed by atoms with Crippen molar-refractivity contribution < 1.29 is 4.79 Å². The van der Waals surface area contributed by atoms with E-state index >= 15 is 0 Å². The Bertz CT molecular complexity index is 482. The maximum atomic E-state index is 10.6. The van der Waals surface area contributed by atoms with Crippen molar-refractivity contribution in [3.63, 3.8) is 0 Å². The summed E-state index contributed by atoms with van der Waals surface area (Å²) in [6.07, 6.45) is 4.71. The standard InChI is InChI=1S/C12H11NO/c1-2-6-13-7-5-11-4-3-10(9-14)8-12(11)13/h2-5,7-9H,1,6H2. The number of fused-ring (bicyclic) bond motifs is 1. The number of aldehydes is 1. The molecule has 2 nitrogen and oxygen atoms in total. The van der Waals surface area contributed by atoms with Crippen molar-refractivity contribution in [2.45, 2.75) is 6.54 Å². The van der Waals surface area contributed by atoms with Crippen LogP contribution >= 0.6 is 0 Å². The predicted molar refractivity (Wildman–Crippen MR) is 57.5 cm³/mol. The monoisotopic (exact) mass is 185 g/mol. The van der Waals surface area contributed by atoms with E-state index in [4.69, 9.17) is 0 Å². The summed E-state index contributed by atoms with van der Waals surface area (Å²) in [5, 5.41) is 1.15. The zero-order chi connectivity index (χ0) is 9.97. The number of carbonyl (C=O) groups is 1. The van der Waals surface area contributed by atoms with Crippen molar-refractivity contribution >= 4 is 17.2 Å². The molecule has 0 atom stereocenters. The fourth-order valence-corrected chi connectivity index (χ4v) is 1.57. The van der Waals surface area contributed by atoms with Crippen LogP contribution < -0.4 is 0 Å². The lowest BCUT2D eigenvalue weighted by atomic mass is 10.2. The van der Waals surface area contributed by atoms with Crippen LogP contribution in [0.4, 0.5) is 0 Å². The van der Waals surface area contributed by atoms with E-state index < -0.39 is 0 Å². The summed E-state index contributed by atoms with van der Waals surface area (Å²) < 4.78 is 2.06. The topological polar surface area (TPSA) is 22.0 Å². The van der Waals surface area contributed by atoms with Crippen LogP contribution in [0.5, 0.6) is 0 Å². The molecule has 0 aliphatic heterocycles. The van der Waals surface area contributed by atoms with Gasteiger partial charge in [0, 0.05) is 23.8 Å². The van der Waals surface area contributed by atoms with Gasteiger partial charge in [0.2, 0.25) is 0 Å². The van der Waals surface area contributed by atoms with Crippen LogP contribution in [0.3, 0.4) is 0 Å². The first-order chi connectivity index (χ1) is 6.85. The Kier molecular flexibility index (Phi) is 2.19. The second-order valence-corrected chi connectivity index (χ2v) is 3.19. The summed E-state index contributed by atoms with van der Waals surface area (Å²) >= 11 is 0. The van der Waals surface area contributed by atoms with E-state index in [0.29, 0.717) is 5.56 Å². The lowest BCUT2D eigenvalue weighted by molar-refractivity contribution is 0.112. The molecule has 0 aliphatic rings. The van der Waals surface area contributed by atoms with Crippen molar-refractivity contribution in [2.24, 2.45) is 0 Å². The van der Waals surface area contributed by atoms with E-state index in [0.717, 1.165) is 23.7 Å². The Morgan fingerprint density at radius 2 is 2.21 bits per heavy atom. The summed E-state index contributed by atoms with van der Waals surface area (Å²) in [5.74, 6) is 0. The molecule has 0 fully saturated rings. The second kappa shape index (κ2) is 3.50. The van der Waals surface area contributed by atoms with Crippen LogP contribution in [-0.2, 0) is 6.54 Å². The van der Waals surface area contributed by atoms with Gasteiger partial charge in [0.05, 0.1) is 0 Å². The van der Waals surface area contributed by atoms with Gasteiger partial charge in [-0.05, 0) is 17.5 Å². The van der Waals surface area contributed by atoms with Gasteiger partial charge in [0.15, 0.2) is 0 Å².